The predicted octanol–water partition coefficient (Wildman–Crippen LogP) is 4.47. The van der Waals surface area contributed by atoms with Crippen LogP contribution in [-0.4, -0.2) is 14.8 Å². The highest BCUT2D eigenvalue weighted by Gasteiger charge is 2.37. The SMILES string of the molecule is CC=Cn1cnc(-c2cc(C(F)(F)F)cc(C(F)(F)F)c2)n1. The van der Waals surface area contributed by atoms with Gasteiger partial charge in [-0.15, -0.1) is 5.10 Å². The smallest absolute Gasteiger partial charge is 0.228 e. The molecule has 0 saturated carbocycles. The number of hydrogen-bond donors (Lipinski definition) is 0. The van der Waals surface area contributed by atoms with Crippen molar-refractivity contribution in [1.82, 2.24) is 14.8 Å². The number of nitrogens with zero attached hydrogens (tertiary/aromatic N) is 3. The highest BCUT2D eigenvalue weighted by Crippen LogP contribution is 2.37. The number of allylic oxidation sites excluding steroid dienone is 1. The van der Waals surface area contributed by atoms with E-state index >= 15 is 0 Å². The number of rotatable bonds is 2. The lowest BCUT2D eigenvalue weighted by Gasteiger charge is -2.13. The summed E-state index contributed by atoms with van der Waals surface area (Å²) < 4.78 is 77.7. The maximum absolute atomic E-state index is 12.8. The lowest BCUT2D eigenvalue weighted by molar-refractivity contribution is -0.143. The summed E-state index contributed by atoms with van der Waals surface area (Å²) in [7, 11) is 0. The van der Waals surface area contributed by atoms with E-state index in [4.69, 9.17) is 0 Å². The van der Waals surface area contributed by atoms with Crippen molar-refractivity contribution in [3.63, 3.8) is 0 Å². The van der Waals surface area contributed by atoms with Gasteiger partial charge in [-0.2, -0.15) is 26.3 Å². The van der Waals surface area contributed by atoms with Gasteiger partial charge in [-0.1, -0.05) is 6.08 Å². The van der Waals surface area contributed by atoms with E-state index in [1.54, 1.807) is 13.0 Å². The number of aromatic nitrogens is 3. The molecule has 0 atom stereocenters. The van der Waals surface area contributed by atoms with Crippen molar-refractivity contribution >= 4 is 6.20 Å². The largest absolute Gasteiger partial charge is 0.416 e. The molecule has 0 spiro atoms. The summed E-state index contributed by atoms with van der Waals surface area (Å²) in [6.45, 7) is 1.67. The van der Waals surface area contributed by atoms with Crippen LogP contribution in [0, 0.1) is 0 Å². The Bertz CT molecular complexity index is 664. The van der Waals surface area contributed by atoms with Crippen LogP contribution in [0.5, 0.6) is 0 Å². The molecule has 1 aromatic carbocycles. The molecule has 22 heavy (non-hydrogen) atoms. The number of alkyl halides is 6. The maximum atomic E-state index is 12.8. The predicted molar refractivity (Wildman–Crippen MR) is 66.5 cm³/mol. The van der Waals surface area contributed by atoms with Crippen LogP contribution in [0.3, 0.4) is 0 Å². The fraction of sp³-hybridized carbons (Fsp3) is 0.231. The second-order valence-electron chi connectivity index (χ2n) is 4.33. The molecule has 1 aromatic heterocycles. The first-order valence-corrected chi connectivity index (χ1v) is 5.95. The number of hydrogen-bond acceptors (Lipinski definition) is 2. The standard InChI is InChI=1S/C13H9F6N3/c1-2-3-22-7-20-11(21-22)8-4-9(12(14,15)16)6-10(5-8)13(17,18)19/h2-7H,1H3. The zero-order valence-corrected chi connectivity index (χ0v) is 11.1. The summed E-state index contributed by atoms with van der Waals surface area (Å²) in [6.07, 6.45) is -5.58. The molecule has 0 aliphatic carbocycles. The molecule has 2 aromatic rings. The van der Waals surface area contributed by atoms with E-state index in [0.29, 0.717) is 12.1 Å². The summed E-state index contributed by atoms with van der Waals surface area (Å²) in [4.78, 5) is 3.72. The van der Waals surface area contributed by atoms with Gasteiger partial charge >= 0.3 is 12.4 Å². The van der Waals surface area contributed by atoms with Gasteiger partial charge in [0.2, 0.25) is 0 Å². The van der Waals surface area contributed by atoms with E-state index in [2.05, 4.69) is 10.1 Å². The van der Waals surface area contributed by atoms with Gasteiger partial charge in [0.15, 0.2) is 5.82 Å². The Morgan fingerprint density at radius 2 is 1.50 bits per heavy atom. The average molecular weight is 321 g/mol. The van der Waals surface area contributed by atoms with Crippen molar-refractivity contribution in [2.75, 3.05) is 0 Å². The Labute approximate surface area is 120 Å². The molecule has 0 fully saturated rings. The summed E-state index contributed by atoms with van der Waals surface area (Å²) >= 11 is 0. The second-order valence-corrected chi connectivity index (χ2v) is 4.33. The van der Waals surface area contributed by atoms with Crippen molar-refractivity contribution in [1.29, 1.82) is 0 Å². The first kappa shape index (κ1) is 16.1. The lowest BCUT2D eigenvalue weighted by atomic mass is 10.0. The van der Waals surface area contributed by atoms with Gasteiger partial charge in [-0.05, 0) is 25.1 Å². The lowest BCUT2D eigenvalue weighted by Crippen LogP contribution is -2.11. The Morgan fingerprint density at radius 3 is 1.95 bits per heavy atom. The van der Waals surface area contributed by atoms with Gasteiger partial charge in [0.05, 0.1) is 11.1 Å². The molecule has 0 aliphatic rings. The van der Waals surface area contributed by atoms with Crippen LogP contribution in [0.4, 0.5) is 26.3 Å². The number of benzene rings is 1. The van der Waals surface area contributed by atoms with Crippen LogP contribution in [0.1, 0.15) is 18.1 Å². The molecule has 0 saturated heterocycles. The Hall–Kier alpha value is -2.32. The number of halogens is 6. The van der Waals surface area contributed by atoms with E-state index in [9.17, 15) is 26.3 Å². The topological polar surface area (TPSA) is 30.7 Å². The average Bonchev–Trinajstić information content (AvgIpc) is 2.85. The molecule has 9 heteroatoms. The Kier molecular flexibility index (Phi) is 3.99. The third-order valence-corrected chi connectivity index (χ3v) is 2.66. The van der Waals surface area contributed by atoms with Crippen LogP contribution in [0.15, 0.2) is 30.6 Å². The fourth-order valence-corrected chi connectivity index (χ4v) is 1.72. The third-order valence-electron chi connectivity index (χ3n) is 2.66. The molecule has 0 radical (unpaired) electrons. The molecule has 118 valence electrons. The Morgan fingerprint density at radius 1 is 0.955 bits per heavy atom. The Balaban J connectivity index is 2.59. The third kappa shape index (κ3) is 3.46. The molecule has 0 unspecified atom stereocenters. The van der Waals surface area contributed by atoms with E-state index in [-0.39, 0.29) is 17.5 Å². The normalized spacial score (nSPS) is 13.0. The summed E-state index contributed by atoms with van der Waals surface area (Å²) in [5.74, 6) is -0.227. The molecule has 0 aliphatic heterocycles. The van der Waals surface area contributed by atoms with Crippen LogP contribution in [-0.2, 0) is 12.4 Å². The first-order valence-electron chi connectivity index (χ1n) is 5.95. The maximum Gasteiger partial charge on any atom is 0.416 e. The van der Waals surface area contributed by atoms with Crippen molar-refractivity contribution in [2.45, 2.75) is 19.3 Å². The second kappa shape index (κ2) is 5.47. The zero-order valence-electron chi connectivity index (χ0n) is 11.1. The van der Waals surface area contributed by atoms with E-state index < -0.39 is 23.5 Å². The van der Waals surface area contributed by atoms with Crippen molar-refractivity contribution < 1.29 is 26.3 Å². The van der Waals surface area contributed by atoms with Crippen LogP contribution in [0.25, 0.3) is 17.6 Å². The van der Waals surface area contributed by atoms with Crippen molar-refractivity contribution in [3.05, 3.63) is 41.7 Å². The first-order chi connectivity index (χ1) is 10.1. The van der Waals surface area contributed by atoms with E-state index in [1.807, 2.05) is 0 Å². The minimum atomic E-state index is -4.90. The highest BCUT2D eigenvalue weighted by atomic mass is 19.4. The quantitative estimate of drug-likeness (QED) is 0.764. The van der Waals surface area contributed by atoms with Gasteiger partial charge < -0.3 is 0 Å². The van der Waals surface area contributed by atoms with Crippen LogP contribution >= 0.6 is 0 Å². The van der Waals surface area contributed by atoms with Crippen molar-refractivity contribution in [3.8, 4) is 11.4 Å². The molecule has 0 amide bonds. The van der Waals surface area contributed by atoms with Crippen LogP contribution < -0.4 is 0 Å². The van der Waals surface area contributed by atoms with Gasteiger partial charge in [-0.3, -0.25) is 0 Å². The van der Waals surface area contributed by atoms with Gasteiger partial charge in [-0.25, -0.2) is 9.67 Å². The van der Waals surface area contributed by atoms with Gasteiger partial charge in [0, 0.05) is 11.8 Å². The van der Waals surface area contributed by atoms with Crippen molar-refractivity contribution in [2.24, 2.45) is 0 Å². The monoisotopic (exact) mass is 321 g/mol. The molecule has 0 N–H and O–H groups in total. The molecule has 3 nitrogen and oxygen atoms in total. The molecule has 1 heterocycles. The van der Waals surface area contributed by atoms with Crippen LogP contribution in [0.2, 0.25) is 0 Å². The van der Waals surface area contributed by atoms with E-state index in [0.717, 1.165) is 0 Å². The molecule has 0 bridgehead atoms. The fourth-order valence-electron chi connectivity index (χ4n) is 1.72. The minimum absolute atomic E-state index is 0.0619. The van der Waals surface area contributed by atoms with Gasteiger partial charge in [0.1, 0.15) is 6.33 Å². The molecular formula is C13H9F6N3. The summed E-state index contributed by atoms with van der Waals surface area (Å²) in [6, 6.07) is 1.24. The van der Waals surface area contributed by atoms with Gasteiger partial charge in [0.25, 0.3) is 0 Å². The zero-order chi connectivity index (χ0) is 16.5. The molecular weight excluding hydrogens is 312 g/mol. The molecule has 2 rings (SSSR count). The minimum Gasteiger partial charge on any atom is -0.228 e. The highest BCUT2D eigenvalue weighted by molar-refractivity contribution is 5.58. The van der Waals surface area contributed by atoms with E-state index in [1.165, 1.54) is 17.2 Å². The summed E-state index contributed by atoms with van der Waals surface area (Å²) in [5.41, 5.74) is -3.16. The summed E-state index contributed by atoms with van der Waals surface area (Å²) in [5, 5.41) is 3.80.